The van der Waals surface area contributed by atoms with Crippen LogP contribution in [0, 0.1) is 0 Å². The first kappa shape index (κ1) is 16.8. The Morgan fingerprint density at radius 1 is 0.783 bits per heavy atom. The van der Waals surface area contributed by atoms with Gasteiger partial charge in [-0.15, -0.1) is 0 Å². The smallest absolute Gasteiger partial charge is 0.182 e. The third-order valence-electron chi connectivity index (χ3n) is 7.43. The summed E-state index contributed by atoms with van der Waals surface area (Å²) in [5.41, 5.74) is 2.29. The first-order chi connectivity index (χ1) is 10.8. The Labute approximate surface area is 143 Å². The molecule has 23 heavy (non-hydrogen) atoms. The summed E-state index contributed by atoms with van der Waals surface area (Å²) < 4.78 is 18.9. The van der Waals surface area contributed by atoms with Gasteiger partial charge < -0.3 is 13.6 Å². The highest BCUT2D eigenvalue weighted by Gasteiger charge is 2.55. The monoisotopic (exact) mass is 354 g/mol. The summed E-state index contributed by atoms with van der Waals surface area (Å²) in [6, 6.07) is 0. The van der Waals surface area contributed by atoms with Crippen LogP contribution in [0.3, 0.4) is 0 Å². The summed E-state index contributed by atoms with van der Waals surface area (Å²) >= 11 is 0. The summed E-state index contributed by atoms with van der Waals surface area (Å²) in [6.45, 7) is 12.4. The van der Waals surface area contributed by atoms with Gasteiger partial charge in [-0.3, -0.25) is 0 Å². The molecule has 2 aliphatic carbocycles. The Kier molecular flexibility index (Phi) is 4.13. The molecule has 7 atom stereocenters. The fourth-order valence-corrected chi connectivity index (χ4v) is 16.1. The quantitative estimate of drug-likeness (QED) is 0.523. The van der Waals surface area contributed by atoms with E-state index in [1.54, 1.807) is 0 Å². The SMILES string of the molecule is CC(C)[Si](C)(O[Si](C)(C)C1CCC2OC2C1)C1CCC2OC2C1. The second-order valence-corrected chi connectivity index (χ2v) is 18.7. The van der Waals surface area contributed by atoms with E-state index in [0.29, 0.717) is 30.0 Å². The van der Waals surface area contributed by atoms with Crippen molar-refractivity contribution in [3.8, 4) is 0 Å². The van der Waals surface area contributed by atoms with Crippen molar-refractivity contribution in [1.82, 2.24) is 0 Å². The summed E-state index contributed by atoms with van der Waals surface area (Å²) in [5, 5.41) is 0. The van der Waals surface area contributed by atoms with E-state index in [0.717, 1.165) is 11.1 Å². The highest BCUT2D eigenvalue weighted by molar-refractivity contribution is 6.87. The molecular weight excluding hydrogens is 320 g/mol. The predicted molar refractivity (Wildman–Crippen MR) is 97.8 cm³/mol. The lowest BCUT2D eigenvalue weighted by Gasteiger charge is -2.47. The fourth-order valence-electron chi connectivity index (χ4n) is 5.28. The third-order valence-corrected chi connectivity index (χ3v) is 18.2. The molecule has 2 heterocycles. The van der Waals surface area contributed by atoms with Gasteiger partial charge in [0.2, 0.25) is 0 Å². The van der Waals surface area contributed by atoms with Gasteiger partial charge in [0.1, 0.15) is 0 Å². The van der Waals surface area contributed by atoms with Gasteiger partial charge in [0, 0.05) is 0 Å². The van der Waals surface area contributed by atoms with Crippen LogP contribution >= 0.6 is 0 Å². The minimum Gasteiger partial charge on any atom is -0.455 e. The van der Waals surface area contributed by atoms with Crippen LogP contribution in [0.15, 0.2) is 0 Å². The van der Waals surface area contributed by atoms with E-state index in [1.165, 1.54) is 38.5 Å². The number of rotatable bonds is 5. The minimum atomic E-state index is -1.73. The van der Waals surface area contributed by atoms with Gasteiger partial charge in [-0.05, 0) is 74.8 Å². The highest BCUT2D eigenvalue weighted by Crippen LogP contribution is 2.53. The number of fused-ring (bicyclic) bond motifs is 2. The molecule has 2 saturated heterocycles. The van der Waals surface area contributed by atoms with E-state index in [2.05, 4.69) is 33.5 Å². The standard InChI is InChI=1S/C18H34O3Si2/c1-12(2)23(5,14-7-9-16-18(11-14)20-16)21-22(3,4)13-6-8-15-17(10-13)19-15/h12-18H,6-11H2,1-5H3. The van der Waals surface area contributed by atoms with Crippen LogP contribution in [0.1, 0.15) is 52.4 Å². The van der Waals surface area contributed by atoms with Crippen LogP contribution in [0.2, 0.25) is 36.3 Å². The Morgan fingerprint density at radius 3 is 1.83 bits per heavy atom. The van der Waals surface area contributed by atoms with E-state index in [1.807, 2.05) is 0 Å². The zero-order chi connectivity index (χ0) is 16.4. The van der Waals surface area contributed by atoms with Gasteiger partial charge in [0.25, 0.3) is 0 Å². The van der Waals surface area contributed by atoms with Gasteiger partial charge in [-0.1, -0.05) is 13.8 Å². The van der Waals surface area contributed by atoms with Crippen LogP contribution in [0.25, 0.3) is 0 Å². The van der Waals surface area contributed by atoms with Gasteiger partial charge >= 0.3 is 0 Å². The Bertz CT molecular complexity index is 469. The molecule has 0 spiro atoms. The molecule has 5 heteroatoms. The van der Waals surface area contributed by atoms with Crippen LogP contribution in [-0.2, 0) is 13.6 Å². The van der Waals surface area contributed by atoms with Crippen molar-refractivity contribution in [2.45, 2.75) is 113 Å². The van der Waals surface area contributed by atoms with Gasteiger partial charge in [0.05, 0.1) is 24.4 Å². The predicted octanol–water partition coefficient (Wildman–Crippen LogP) is 4.84. The molecule has 0 amide bonds. The third kappa shape index (κ3) is 3.12. The molecule has 0 radical (unpaired) electrons. The number of hydrogen-bond donors (Lipinski definition) is 0. The van der Waals surface area contributed by atoms with E-state index in [4.69, 9.17) is 13.6 Å². The topological polar surface area (TPSA) is 34.3 Å². The van der Waals surface area contributed by atoms with Crippen LogP contribution in [0.5, 0.6) is 0 Å². The zero-order valence-corrected chi connectivity index (χ0v) is 17.5. The molecule has 4 rings (SSSR count). The molecule has 0 aromatic carbocycles. The maximum absolute atomic E-state index is 7.27. The summed E-state index contributed by atoms with van der Waals surface area (Å²) in [5.74, 6) is 0. The molecule has 4 aliphatic rings. The second-order valence-electron chi connectivity index (χ2n) is 9.49. The summed E-state index contributed by atoms with van der Waals surface area (Å²) in [6.07, 6.45) is 10.1. The molecule has 0 aromatic heterocycles. The molecule has 2 saturated carbocycles. The van der Waals surface area contributed by atoms with Crippen LogP contribution in [0.4, 0.5) is 0 Å². The normalized spacial score (nSPS) is 45.1. The molecule has 0 aromatic rings. The van der Waals surface area contributed by atoms with Crippen molar-refractivity contribution < 1.29 is 13.6 Å². The second kappa shape index (κ2) is 5.66. The van der Waals surface area contributed by atoms with Gasteiger partial charge in [-0.2, -0.15) is 0 Å². The molecule has 3 nitrogen and oxygen atoms in total. The molecule has 0 N–H and O–H groups in total. The molecule has 4 fully saturated rings. The maximum Gasteiger partial charge on any atom is 0.182 e. The first-order valence-electron chi connectivity index (χ1n) is 9.80. The Morgan fingerprint density at radius 2 is 1.30 bits per heavy atom. The average Bonchev–Trinajstić information content (AvgIpc) is 3.38. The summed E-state index contributed by atoms with van der Waals surface area (Å²) in [4.78, 5) is 0. The van der Waals surface area contributed by atoms with E-state index in [-0.39, 0.29) is 0 Å². The van der Waals surface area contributed by atoms with Gasteiger partial charge in [0.15, 0.2) is 16.6 Å². The van der Waals surface area contributed by atoms with Crippen molar-refractivity contribution in [1.29, 1.82) is 0 Å². The lowest BCUT2D eigenvalue weighted by molar-refractivity contribution is 0.369. The van der Waals surface area contributed by atoms with Crippen LogP contribution in [-0.4, -0.2) is 41.1 Å². The van der Waals surface area contributed by atoms with Gasteiger partial charge in [-0.25, -0.2) is 0 Å². The molecule has 7 unspecified atom stereocenters. The lowest BCUT2D eigenvalue weighted by atomic mass is 10.0. The van der Waals surface area contributed by atoms with E-state index >= 15 is 0 Å². The van der Waals surface area contributed by atoms with E-state index in [9.17, 15) is 0 Å². The molecule has 132 valence electrons. The largest absolute Gasteiger partial charge is 0.455 e. The Balaban J connectivity index is 1.47. The fraction of sp³-hybridized carbons (Fsp3) is 1.00. The average molecular weight is 355 g/mol. The lowest BCUT2D eigenvalue weighted by Crippen LogP contribution is -2.54. The Hall–Kier alpha value is 0.314. The maximum atomic E-state index is 7.27. The van der Waals surface area contributed by atoms with Crippen LogP contribution < -0.4 is 0 Å². The molecular formula is C18H34O3Si2. The number of epoxide rings is 2. The molecule has 2 aliphatic heterocycles. The summed E-state index contributed by atoms with van der Waals surface area (Å²) in [7, 11) is -3.40. The number of ether oxygens (including phenoxy) is 2. The first-order valence-corrected chi connectivity index (χ1v) is 15.4. The van der Waals surface area contributed by atoms with Crippen molar-refractivity contribution in [3.63, 3.8) is 0 Å². The minimum absolute atomic E-state index is 0.572. The van der Waals surface area contributed by atoms with Crippen molar-refractivity contribution >= 4 is 16.6 Å². The van der Waals surface area contributed by atoms with E-state index < -0.39 is 16.6 Å². The number of hydrogen-bond acceptors (Lipinski definition) is 3. The van der Waals surface area contributed by atoms with Crippen molar-refractivity contribution in [2.75, 3.05) is 0 Å². The molecule has 0 bridgehead atoms. The zero-order valence-electron chi connectivity index (χ0n) is 15.5. The van der Waals surface area contributed by atoms with Crippen molar-refractivity contribution in [2.24, 2.45) is 0 Å². The van der Waals surface area contributed by atoms with Crippen molar-refractivity contribution in [3.05, 3.63) is 0 Å². The highest BCUT2D eigenvalue weighted by atomic mass is 28.4.